The lowest BCUT2D eigenvalue weighted by atomic mass is 9.83. The molecule has 2 heteroatoms. The first-order chi connectivity index (χ1) is 9.25. The zero-order valence-corrected chi connectivity index (χ0v) is 11.2. The van der Waals surface area contributed by atoms with Crippen LogP contribution in [0.4, 0.5) is 0 Å². The molecular weight excluding hydrogens is 234 g/mol. The number of carbonyl (C=O) groups excluding carboxylic acids is 1. The van der Waals surface area contributed by atoms with Crippen molar-refractivity contribution in [3.63, 3.8) is 0 Å². The smallest absolute Gasteiger partial charge is 0.140 e. The second kappa shape index (κ2) is 5.14. The van der Waals surface area contributed by atoms with Crippen molar-refractivity contribution in [1.82, 2.24) is 5.32 Å². The lowest BCUT2D eigenvalue weighted by Gasteiger charge is -2.31. The predicted molar refractivity (Wildman–Crippen MR) is 78.2 cm³/mol. The van der Waals surface area contributed by atoms with Gasteiger partial charge < -0.3 is 5.32 Å². The van der Waals surface area contributed by atoms with Gasteiger partial charge in [0.05, 0.1) is 0 Å². The van der Waals surface area contributed by atoms with Gasteiger partial charge in [-0.3, -0.25) is 4.79 Å². The van der Waals surface area contributed by atoms with Gasteiger partial charge in [0.15, 0.2) is 0 Å². The van der Waals surface area contributed by atoms with Gasteiger partial charge in [0.2, 0.25) is 0 Å². The number of fused-ring (bicyclic) bond motifs is 1. The molecule has 1 heterocycles. The van der Waals surface area contributed by atoms with Gasteiger partial charge in [-0.15, -0.1) is 0 Å². The molecule has 0 spiro atoms. The molecule has 1 unspecified atom stereocenters. The molecule has 98 valence electrons. The molecule has 19 heavy (non-hydrogen) atoms. The first kappa shape index (κ1) is 12.4. The van der Waals surface area contributed by atoms with Crippen molar-refractivity contribution in [2.24, 2.45) is 11.8 Å². The molecule has 0 saturated carbocycles. The Morgan fingerprint density at radius 1 is 1.21 bits per heavy atom. The van der Waals surface area contributed by atoms with Crippen LogP contribution < -0.4 is 5.32 Å². The Morgan fingerprint density at radius 3 is 2.68 bits per heavy atom. The molecule has 1 aliphatic rings. The van der Waals surface area contributed by atoms with Gasteiger partial charge in [0, 0.05) is 12.3 Å². The van der Waals surface area contributed by atoms with Gasteiger partial charge in [0.1, 0.15) is 5.78 Å². The van der Waals surface area contributed by atoms with E-state index in [2.05, 4.69) is 36.5 Å². The Labute approximate surface area is 113 Å². The monoisotopic (exact) mass is 253 g/mol. The summed E-state index contributed by atoms with van der Waals surface area (Å²) in [5.74, 6) is 1.06. The molecule has 2 nitrogen and oxygen atoms in total. The summed E-state index contributed by atoms with van der Waals surface area (Å²) in [6.07, 6.45) is 0.555. The van der Waals surface area contributed by atoms with Crippen LogP contribution in [-0.4, -0.2) is 18.9 Å². The minimum absolute atomic E-state index is 0.167. The summed E-state index contributed by atoms with van der Waals surface area (Å²) in [6, 6.07) is 14.5. The Morgan fingerprint density at radius 2 is 1.95 bits per heavy atom. The van der Waals surface area contributed by atoms with Crippen molar-refractivity contribution in [3.05, 3.63) is 48.0 Å². The number of rotatable bonds is 4. The first-order valence-corrected chi connectivity index (χ1v) is 6.96. The normalized spacial score (nSPS) is 17.1. The van der Waals surface area contributed by atoms with Gasteiger partial charge in [-0.05, 0) is 35.3 Å². The van der Waals surface area contributed by atoms with E-state index in [4.69, 9.17) is 0 Å². The van der Waals surface area contributed by atoms with Crippen LogP contribution in [0.5, 0.6) is 0 Å². The lowest BCUT2D eigenvalue weighted by molar-refractivity contribution is -0.123. The minimum atomic E-state index is 0.167. The van der Waals surface area contributed by atoms with E-state index < -0.39 is 0 Å². The van der Waals surface area contributed by atoms with Gasteiger partial charge in [-0.1, -0.05) is 49.4 Å². The number of ketones is 1. The maximum atomic E-state index is 12.4. The van der Waals surface area contributed by atoms with Crippen molar-refractivity contribution in [3.8, 4) is 0 Å². The zero-order chi connectivity index (χ0) is 13.2. The van der Waals surface area contributed by atoms with Crippen LogP contribution in [0.3, 0.4) is 0 Å². The van der Waals surface area contributed by atoms with Crippen LogP contribution in [0.2, 0.25) is 0 Å². The maximum absolute atomic E-state index is 12.4. The molecule has 0 bridgehead atoms. The van der Waals surface area contributed by atoms with Crippen molar-refractivity contribution >= 4 is 16.6 Å². The van der Waals surface area contributed by atoms with E-state index in [1.54, 1.807) is 0 Å². The largest absolute Gasteiger partial charge is 0.316 e. The van der Waals surface area contributed by atoms with Gasteiger partial charge in [0.25, 0.3) is 0 Å². The molecule has 0 aliphatic carbocycles. The Balaban J connectivity index is 1.82. The van der Waals surface area contributed by atoms with E-state index in [0.717, 1.165) is 18.7 Å². The molecule has 0 aromatic heterocycles. The third-order valence-electron chi connectivity index (χ3n) is 4.27. The van der Waals surface area contributed by atoms with Crippen molar-refractivity contribution in [2.75, 3.05) is 13.1 Å². The van der Waals surface area contributed by atoms with E-state index in [9.17, 15) is 4.79 Å². The van der Waals surface area contributed by atoms with Crippen molar-refractivity contribution in [1.29, 1.82) is 0 Å². The van der Waals surface area contributed by atoms with Crippen LogP contribution in [0, 0.1) is 11.8 Å². The highest BCUT2D eigenvalue weighted by Gasteiger charge is 2.28. The average molecular weight is 253 g/mol. The quantitative estimate of drug-likeness (QED) is 0.907. The first-order valence-electron chi connectivity index (χ1n) is 6.96. The fraction of sp³-hybridized carbons (Fsp3) is 0.353. The van der Waals surface area contributed by atoms with Crippen molar-refractivity contribution < 1.29 is 4.79 Å². The topological polar surface area (TPSA) is 29.1 Å². The fourth-order valence-electron chi connectivity index (χ4n) is 2.72. The van der Waals surface area contributed by atoms with Crippen LogP contribution in [0.25, 0.3) is 10.8 Å². The predicted octanol–water partition coefficient (Wildman–Crippen LogP) is 2.81. The number of hydrogen-bond donors (Lipinski definition) is 1. The summed E-state index contributed by atoms with van der Waals surface area (Å²) in [7, 11) is 0. The number of hydrogen-bond acceptors (Lipinski definition) is 2. The van der Waals surface area contributed by atoms with Gasteiger partial charge >= 0.3 is 0 Å². The van der Waals surface area contributed by atoms with E-state index in [1.807, 2.05) is 18.2 Å². The number of Topliss-reactive ketones (excluding diaryl/α,β-unsaturated/α-hetero) is 1. The molecule has 2 aromatic rings. The summed E-state index contributed by atoms with van der Waals surface area (Å²) in [5.41, 5.74) is 1.15. The third-order valence-corrected chi connectivity index (χ3v) is 4.27. The molecule has 3 rings (SSSR count). The highest BCUT2D eigenvalue weighted by Crippen LogP contribution is 2.23. The summed E-state index contributed by atoms with van der Waals surface area (Å²) in [6.45, 7) is 4.05. The van der Waals surface area contributed by atoms with Crippen LogP contribution >= 0.6 is 0 Å². The summed E-state index contributed by atoms with van der Waals surface area (Å²) in [5, 5.41) is 5.66. The summed E-state index contributed by atoms with van der Waals surface area (Å²) in [4.78, 5) is 12.4. The number of benzene rings is 2. The Bertz CT molecular complexity index is 596. The second-order valence-electron chi connectivity index (χ2n) is 5.49. The maximum Gasteiger partial charge on any atom is 0.140 e. The molecular formula is C17H19NO. The summed E-state index contributed by atoms with van der Waals surface area (Å²) >= 11 is 0. The fourth-order valence-corrected chi connectivity index (χ4v) is 2.72. The second-order valence-corrected chi connectivity index (χ2v) is 5.49. The Kier molecular flexibility index (Phi) is 3.34. The molecule has 1 atom stereocenters. The van der Waals surface area contributed by atoms with E-state index in [-0.39, 0.29) is 5.92 Å². The number of nitrogens with one attached hydrogen (secondary N) is 1. The van der Waals surface area contributed by atoms with Gasteiger partial charge in [-0.25, -0.2) is 0 Å². The van der Waals surface area contributed by atoms with Crippen LogP contribution in [-0.2, 0) is 11.2 Å². The van der Waals surface area contributed by atoms with Crippen molar-refractivity contribution in [2.45, 2.75) is 13.3 Å². The van der Waals surface area contributed by atoms with Gasteiger partial charge in [-0.2, -0.15) is 0 Å². The highest BCUT2D eigenvalue weighted by molar-refractivity contribution is 5.91. The third kappa shape index (κ3) is 2.41. The highest BCUT2D eigenvalue weighted by atomic mass is 16.1. The zero-order valence-electron chi connectivity index (χ0n) is 11.2. The average Bonchev–Trinajstić information content (AvgIpc) is 2.37. The van der Waals surface area contributed by atoms with E-state index in [1.165, 1.54) is 10.8 Å². The standard InChI is InChI=1S/C17H19NO/c1-12(15-10-18-11-15)17(19)9-14-7-4-6-13-5-2-3-8-16(13)14/h2-8,12,15,18H,9-11H2,1H3. The van der Waals surface area contributed by atoms with E-state index >= 15 is 0 Å². The SMILES string of the molecule is CC(C(=O)Cc1cccc2ccccc12)C1CNC1. The van der Waals surface area contributed by atoms with Crippen LogP contribution in [0.1, 0.15) is 12.5 Å². The molecule has 1 N–H and O–H groups in total. The molecule has 0 amide bonds. The van der Waals surface area contributed by atoms with Crippen LogP contribution in [0.15, 0.2) is 42.5 Å². The molecule has 1 fully saturated rings. The lowest BCUT2D eigenvalue weighted by Crippen LogP contribution is -2.47. The number of carbonyl (C=O) groups is 1. The minimum Gasteiger partial charge on any atom is -0.316 e. The molecule has 0 radical (unpaired) electrons. The molecule has 1 saturated heterocycles. The molecule has 2 aromatic carbocycles. The van der Waals surface area contributed by atoms with E-state index in [0.29, 0.717) is 18.1 Å². The Hall–Kier alpha value is -1.67. The summed E-state index contributed by atoms with van der Waals surface area (Å²) < 4.78 is 0. The molecule has 1 aliphatic heterocycles.